The van der Waals surface area contributed by atoms with Gasteiger partial charge in [-0.25, -0.2) is 0 Å². The molecule has 0 spiro atoms. The molecular formula is C9H12ClNS. The Morgan fingerprint density at radius 2 is 2.08 bits per heavy atom. The van der Waals surface area contributed by atoms with Gasteiger partial charge in [-0.3, -0.25) is 4.90 Å². The highest BCUT2D eigenvalue weighted by Crippen LogP contribution is 2.23. The Morgan fingerprint density at radius 1 is 1.33 bits per heavy atom. The fraction of sp³-hybridized carbons (Fsp3) is 0.556. The standard InChI is InChI=1S/C9H12ClNS/c10-9-7-12-6-8(9)5-11-3-1-2-4-11/h6-7H,1-5H2. The first-order valence-corrected chi connectivity index (χ1v) is 5.61. The summed E-state index contributed by atoms with van der Waals surface area (Å²) in [4.78, 5) is 2.47. The number of nitrogens with zero attached hydrogens (tertiary/aromatic N) is 1. The van der Waals surface area contributed by atoms with Crippen molar-refractivity contribution < 1.29 is 0 Å². The van der Waals surface area contributed by atoms with Gasteiger partial charge in [0.1, 0.15) is 0 Å². The largest absolute Gasteiger partial charge is 0.299 e. The highest BCUT2D eigenvalue weighted by atomic mass is 35.5. The lowest BCUT2D eigenvalue weighted by atomic mass is 10.3. The van der Waals surface area contributed by atoms with E-state index in [2.05, 4.69) is 10.3 Å². The summed E-state index contributed by atoms with van der Waals surface area (Å²) in [6, 6.07) is 0. The molecule has 1 saturated heterocycles. The van der Waals surface area contributed by atoms with Crippen molar-refractivity contribution >= 4 is 22.9 Å². The topological polar surface area (TPSA) is 3.24 Å². The maximum Gasteiger partial charge on any atom is 0.0557 e. The molecule has 66 valence electrons. The van der Waals surface area contributed by atoms with Crippen molar-refractivity contribution in [2.75, 3.05) is 13.1 Å². The fourth-order valence-corrected chi connectivity index (χ4v) is 2.64. The molecule has 1 aromatic rings. The molecule has 3 heteroatoms. The number of likely N-dealkylation sites (tertiary alicyclic amines) is 1. The Balaban J connectivity index is 1.98. The highest BCUT2D eigenvalue weighted by Gasteiger charge is 2.13. The van der Waals surface area contributed by atoms with Crippen LogP contribution in [0.4, 0.5) is 0 Å². The van der Waals surface area contributed by atoms with Gasteiger partial charge in [-0.2, -0.15) is 11.3 Å². The molecule has 1 aliphatic heterocycles. The molecule has 1 aromatic heterocycles. The van der Waals surface area contributed by atoms with E-state index in [1.54, 1.807) is 11.3 Å². The molecule has 0 amide bonds. The third kappa shape index (κ3) is 1.82. The predicted octanol–water partition coefficient (Wildman–Crippen LogP) is 3.00. The van der Waals surface area contributed by atoms with E-state index in [1.165, 1.54) is 31.5 Å². The first kappa shape index (κ1) is 8.54. The Hall–Kier alpha value is -0.0500. The number of hydrogen-bond donors (Lipinski definition) is 0. The van der Waals surface area contributed by atoms with Crippen LogP contribution in [0, 0.1) is 0 Å². The van der Waals surface area contributed by atoms with Crippen LogP contribution in [0.2, 0.25) is 5.02 Å². The van der Waals surface area contributed by atoms with Gasteiger partial charge in [-0.05, 0) is 36.9 Å². The maximum absolute atomic E-state index is 6.00. The maximum atomic E-state index is 6.00. The lowest BCUT2D eigenvalue weighted by Crippen LogP contribution is -2.17. The van der Waals surface area contributed by atoms with Gasteiger partial charge in [0, 0.05) is 11.9 Å². The molecule has 1 aliphatic rings. The monoisotopic (exact) mass is 201 g/mol. The van der Waals surface area contributed by atoms with E-state index in [0.717, 1.165) is 11.6 Å². The van der Waals surface area contributed by atoms with E-state index >= 15 is 0 Å². The Morgan fingerprint density at radius 3 is 2.67 bits per heavy atom. The van der Waals surface area contributed by atoms with Crippen LogP contribution in [0.1, 0.15) is 18.4 Å². The van der Waals surface area contributed by atoms with E-state index in [0.29, 0.717) is 0 Å². The van der Waals surface area contributed by atoms with Crippen LogP contribution < -0.4 is 0 Å². The van der Waals surface area contributed by atoms with Gasteiger partial charge in [-0.15, -0.1) is 0 Å². The molecule has 1 fully saturated rings. The van der Waals surface area contributed by atoms with Crippen LogP contribution in [0.15, 0.2) is 10.8 Å². The Kier molecular flexibility index (Phi) is 2.69. The second-order valence-corrected chi connectivity index (χ2v) is 4.38. The SMILES string of the molecule is Clc1cscc1CN1CCCC1. The summed E-state index contributed by atoms with van der Waals surface area (Å²) < 4.78 is 0. The van der Waals surface area contributed by atoms with Crippen LogP contribution in [0.3, 0.4) is 0 Å². The van der Waals surface area contributed by atoms with Crippen molar-refractivity contribution in [1.82, 2.24) is 4.90 Å². The number of rotatable bonds is 2. The van der Waals surface area contributed by atoms with Crippen molar-refractivity contribution in [3.8, 4) is 0 Å². The zero-order chi connectivity index (χ0) is 8.39. The Labute approximate surface area is 82.0 Å². The Bertz CT molecular complexity index is 253. The number of hydrogen-bond acceptors (Lipinski definition) is 2. The molecule has 0 saturated carbocycles. The van der Waals surface area contributed by atoms with E-state index in [9.17, 15) is 0 Å². The minimum atomic E-state index is 0.937. The molecule has 0 aromatic carbocycles. The predicted molar refractivity (Wildman–Crippen MR) is 53.8 cm³/mol. The van der Waals surface area contributed by atoms with Gasteiger partial charge in [0.15, 0.2) is 0 Å². The number of thiophene rings is 1. The lowest BCUT2D eigenvalue weighted by Gasteiger charge is -2.13. The summed E-state index contributed by atoms with van der Waals surface area (Å²) >= 11 is 7.69. The van der Waals surface area contributed by atoms with Crippen molar-refractivity contribution in [1.29, 1.82) is 0 Å². The molecule has 0 bridgehead atoms. The van der Waals surface area contributed by atoms with Crippen molar-refractivity contribution in [3.63, 3.8) is 0 Å². The molecule has 2 heterocycles. The third-order valence-corrected chi connectivity index (χ3v) is 3.55. The van der Waals surface area contributed by atoms with Gasteiger partial charge in [0.25, 0.3) is 0 Å². The summed E-state index contributed by atoms with van der Waals surface area (Å²) in [7, 11) is 0. The van der Waals surface area contributed by atoms with Crippen LogP contribution >= 0.6 is 22.9 Å². The van der Waals surface area contributed by atoms with Crippen LogP contribution in [-0.4, -0.2) is 18.0 Å². The van der Waals surface area contributed by atoms with Gasteiger partial charge in [0.05, 0.1) is 5.02 Å². The molecule has 0 radical (unpaired) electrons. The lowest BCUT2D eigenvalue weighted by molar-refractivity contribution is 0.332. The van der Waals surface area contributed by atoms with E-state index in [-0.39, 0.29) is 0 Å². The van der Waals surface area contributed by atoms with E-state index in [4.69, 9.17) is 11.6 Å². The summed E-state index contributed by atoms with van der Waals surface area (Å²) in [5.41, 5.74) is 1.29. The molecule has 2 rings (SSSR count). The number of halogens is 1. The normalized spacial score (nSPS) is 18.8. The second kappa shape index (κ2) is 3.77. The zero-order valence-electron chi connectivity index (χ0n) is 6.92. The summed E-state index contributed by atoms with van der Waals surface area (Å²) in [5.74, 6) is 0. The minimum absolute atomic E-state index is 0.937. The minimum Gasteiger partial charge on any atom is -0.299 e. The first-order chi connectivity index (χ1) is 5.86. The molecule has 1 nitrogen and oxygen atoms in total. The van der Waals surface area contributed by atoms with Gasteiger partial charge < -0.3 is 0 Å². The third-order valence-electron chi connectivity index (χ3n) is 2.28. The molecular weight excluding hydrogens is 190 g/mol. The zero-order valence-corrected chi connectivity index (χ0v) is 8.50. The second-order valence-electron chi connectivity index (χ2n) is 3.23. The highest BCUT2D eigenvalue weighted by molar-refractivity contribution is 7.08. The van der Waals surface area contributed by atoms with Gasteiger partial charge in [0.2, 0.25) is 0 Å². The van der Waals surface area contributed by atoms with Crippen molar-refractivity contribution in [2.45, 2.75) is 19.4 Å². The summed E-state index contributed by atoms with van der Waals surface area (Å²) in [6.07, 6.45) is 2.70. The fourth-order valence-electron chi connectivity index (χ4n) is 1.60. The van der Waals surface area contributed by atoms with Crippen LogP contribution in [0.25, 0.3) is 0 Å². The summed E-state index contributed by atoms with van der Waals surface area (Å²) in [5, 5.41) is 5.10. The molecule has 12 heavy (non-hydrogen) atoms. The first-order valence-electron chi connectivity index (χ1n) is 4.29. The smallest absolute Gasteiger partial charge is 0.0557 e. The van der Waals surface area contributed by atoms with E-state index in [1.807, 2.05) is 5.38 Å². The molecule has 0 N–H and O–H groups in total. The van der Waals surface area contributed by atoms with Crippen molar-refractivity contribution in [3.05, 3.63) is 21.3 Å². The molecule has 0 unspecified atom stereocenters. The van der Waals surface area contributed by atoms with E-state index < -0.39 is 0 Å². The van der Waals surface area contributed by atoms with Gasteiger partial charge >= 0.3 is 0 Å². The van der Waals surface area contributed by atoms with Crippen LogP contribution in [0.5, 0.6) is 0 Å². The van der Waals surface area contributed by atoms with Crippen LogP contribution in [-0.2, 0) is 6.54 Å². The average Bonchev–Trinajstić information content (AvgIpc) is 2.65. The molecule has 0 atom stereocenters. The summed E-state index contributed by atoms with van der Waals surface area (Å²) in [6.45, 7) is 3.53. The van der Waals surface area contributed by atoms with Crippen molar-refractivity contribution in [2.24, 2.45) is 0 Å². The average molecular weight is 202 g/mol. The van der Waals surface area contributed by atoms with Gasteiger partial charge in [-0.1, -0.05) is 11.6 Å². The quantitative estimate of drug-likeness (QED) is 0.711. The molecule has 0 aliphatic carbocycles.